The second-order valence-electron chi connectivity index (χ2n) is 6.43. The van der Waals surface area contributed by atoms with Crippen LogP contribution in [-0.4, -0.2) is 51.1 Å². The van der Waals surface area contributed by atoms with Gasteiger partial charge in [-0.05, 0) is 29.7 Å². The Kier molecular flexibility index (Phi) is 6.03. The van der Waals surface area contributed by atoms with Crippen LogP contribution < -0.4 is 19.5 Å². The van der Waals surface area contributed by atoms with Crippen LogP contribution >= 0.6 is 0 Å². The lowest BCUT2D eigenvalue weighted by Gasteiger charge is -2.29. The predicted octanol–water partition coefficient (Wildman–Crippen LogP) is 2.03. The van der Waals surface area contributed by atoms with Gasteiger partial charge in [0.05, 0.1) is 27.9 Å². The number of carbonyl (C=O) groups excluding carboxylic acids is 2. The van der Waals surface area contributed by atoms with Crippen LogP contribution in [0.4, 0.5) is 0 Å². The van der Waals surface area contributed by atoms with Crippen LogP contribution in [0, 0.1) is 0 Å². The summed E-state index contributed by atoms with van der Waals surface area (Å²) in [6.45, 7) is 1.14. The van der Waals surface area contributed by atoms with Gasteiger partial charge in [-0.2, -0.15) is 0 Å². The molecule has 0 spiro atoms. The molecule has 0 aliphatic carbocycles. The Morgan fingerprint density at radius 1 is 1.00 bits per heavy atom. The Bertz CT molecular complexity index is 856. The lowest BCUT2D eigenvalue weighted by Crippen LogP contribution is -2.42. The second kappa shape index (κ2) is 8.65. The van der Waals surface area contributed by atoms with Crippen molar-refractivity contribution in [3.8, 4) is 17.2 Å². The summed E-state index contributed by atoms with van der Waals surface area (Å²) < 4.78 is 15.8. The number of ether oxygens (including phenoxy) is 3. The number of nitrogens with zero attached hydrogens (tertiary/aromatic N) is 1. The molecule has 2 amide bonds. The molecule has 148 valence electrons. The van der Waals surface area contributed by atoms with Gasteiger partial charge in [-0.3, -0.25) is 9.59 Å². The van der Waals surface area contributed by atoms with Crippen LogP contribution in [0.3, 0.4) is 0 Å². The van der Waals surface area contributed by atoms with Gasteiger partial charge in [-0.1, -0.05) is 24.3 Å². The van der Waals surface area contributed by atoms with Crippen LogP contribution in [0.1, 0.15) is 21.5 Å². The number of carbonyl (C=O) groups is 2. The third kappa shape index (κ3) is 4.03. The van der Waals surface area contributed by atoms with E-state index in [2.05, 4.69) is 11.4 Å². The Hall–Kier alpha value is -3.22. The Balaban J connectivity index is 1.65. The first-order valence-corrected chi connectivity index (χ1v) is 9.00. The molecule has 0 saturated heterocycles. The molecule has 2 aromatic carbocycles. The van der Waals surface area contributed by atoms with E-state index >= 15 is 0 Å². The normalized spacial score (nSPS) is 12.8. The molecule has 0 fully saturated rings. The number of methoxy groups -OCH3 is 3. The molecular formula is C21H24N2O5. The molecule has 1 aliphatic rings. The molecule has 7 heteroatoms. The fourth-order valence-corrected chi connectivity index (χ4v) is 3.29. The zero-order chi connectivity index (χ0) is 20.1. The number of amides is 2. The highest BCUT2D eigenvalue weighted by molar-refractivity contribution is 5.97. The van der Waals surface area contributed by atoms with Crippen molar-refractivity contribution in [3.63, 3.8) is 0 Å². The quantitative estimate of drug-likeness (QED) is 0.825. The topological polar surface area (TPSA) is 77.1 Å². The van der Waals surface area contributed by atoms with Crippen molar-refractivity contribution >= 4 is 11.8 Å². The Morgan fingerprint density at radius 3 is 2.25 bits per heavy atom. The molecule has 0 saturated carbocycles. The fraction of sp³-hybridized carbons (Fsp3) is 0.333. The van der Waals surface area contributed by atoms with E-state index in [-0.39, 0.29) is 18.4 Å². The first kappa shape index (κ1) is 19.5. The van der Waals surface area contributed by atoms with Gasteiger partial charge in [-0.25, -0.2) is 0 Å². The highest BCUT2D eigenvalue weighted by Gasteiger charge is 2.22. The number of nitrogens with one attached hydrogen (secondary N) is 1. The van der Waals surface area contributed by atoms with Crippen LogP contribution in [0.15, 0.2) is 36.4 Å². The minimum absolute atomic E-state index is 0.0718. The van der Waals surface area contributed by atoms with Crippen molar-refractivity contribution in [2.24, 2.45) is 0 Å². The average molecular weight is 384 g/mol. The van der Waals surface area contributed by atoms with Crippen molar-refractivity contribution in [1.29, 1.82) is 0 Å². The number of hydrogen-bond donors (Lipinski definition) is 1. The largest absolute Gasteiger partial charge is 0.493 e. The summed E-state index contributed by atoms with van der Waals surface area (Å²) in [7, 11) is 4.46. The molecule has 3 rings (SSSR count). The molecule has 0 unspecified atom stereocenters. The van der Waals surface area contributed by atoms with E-state index in [1.165, 1.54) is 26.9 Å². The summed E-state index contributed by atoms with van der Waals surface area (Å²) in [5, 5.41) is 2.68. The first-order valence-electron chi connectivity index (χ1n) is 9.00. The van der Waals surface area contributed by atoms with Gasteiger partial charge in [0.15, 0.2) is 11.5 Å². The summed E-state index contributed by atoms with van der Waals surface area (Å²) >= 11 is 0. The van der Waals surface area contributed by atoms with Gasteiger partial charge in [0.2, 0.25) is 11.7 Å². The SMILES string of the molecule is COc1cc(C(=O)NCC(=O)N2CCc3ccccc3C2)cc(OC)c1OC. The van der Waals surface area contributed by atoms with E-state index < -0.39 is 0 Å². The van der Waals surface area contributed by atoms with E-state index in [0.29, 0.717) is 35.9 Å². The van der Waals surface area contributed by atoms with E-state index in [9.17, 15) is 9.59 Å². The fourth-order valence-electron chi connectivity index (χ4n) is 3.29. The van der Waals surface area contributed by atoms with Gasteiger partial charge in [0.25, 0.3) is 5.91 Å². The average Bonchev–Trinajstić information content (AvgIpc) is 2.75. The van der Waals surface area contributed by atoms with E-state index in [1.807, 2.05) is 18.2 Å². The van der Waals surface area contributed by atoms with Gasteiger partial charge in [-0.15, -0.1) is 0 Å². The zero-order valence-corrected chi connectivity index (χ0v) is 16.3. The zero-order valence-electron chi connectivity index (χ0n) is 16.3. The number of rotatable bonds is 6. The summed E-state index contributed by atoms with van der Waals surface area (Å²) in [4.78, 5) is 26.8. The van der Waals surface area contributed by atoms with Crippen LogP contribution in [-0.2, 0) is 17.8 Å². The van der Waals surface area contributed by atoms with Crippen molar-refractivity contribution < 1.29 is 23.8 Å². The summed E-state index contributed by atoms with van der Waals surface area (Å²) in [6.07, 6.45) is 0.822. The maximum atomic E-state index is 12.5. The highest BCUT2D eigenvalue weighted by Crippen LogP contribution is 2.38. The molecule has 1 aliphatic heterocycles. The number of fused-ring (bicyclic) bond motifs is 1. The minimum Gasteiger partial charge on any atom is -0.493 e. The molecule has 1 heterocycles. The van der Waals surface area contributed by atoms with Crippen molar-refractivity contribution in [2.75, 3.05) is 34.4 Å². The summed E-state index contributed by atoms with van der Waals surface area (Å²) in [5.41, 5.74) is 2.75. The minimum atomic E-state index is -0.384. The van der Waals surface area contributed by atoms with E-state index in [1.54, 1.807) is 17.0 Å². The van der Waals surface area contributed by atoms with Gasteiger partial charge in [0.1, 0.15) is 0 Å². The third-order valence-electron chi connectivity index (χ3n) is 4.81. The predicted molar refractivity (Wildman–Crippen MR) is 104 cm³/mol. The number of benzene rings is 2. The molecule has 2 aromatic rings. The van der Waals surface area contributed by atoms with Gasteiger partial charge < -0.3 is 24.4 Å². The van der Waals surface area contributed by atoms with Crippen molar-refractivity contribution in [1.82, 2.24) is 10.2 Å². The van der Waals surface area contributed by atoms with Gasteiger partial charge in [0, 0.05) is 18.7 Å². The highest BCUT2D eigenvalue weighted by atomic mass is 16.5. The molecular weight excluding hydrogens is 360 g/mol. The maximum Gasteiger partial charge on any atom is 0.251 e. The van der Waals surface area contributed by atoms with Crippen molar-refractivity contribution in [2.45, 2.75) is 13.0 Å². The van der Waals surface area contributed by atoms with Crippen molar-refractivity contribution in [3.05, 3.63) is 53.1 Å². The first-order chi connectivity index (χ1) is 13.6. The standard InChI is InChI=1S/C21H24N2O5/c1-26-17-10-16(11-18(27-2)20(17)28-3)21(25)22-12-19(24)23-9-8-14-6-4-5-7-15(14)13-23/h4-7,10-11H,8-9,12-13H2,1-3H3,(H,22,25). The van der Waals surface area contributed by atoms with E-state index in [4.69, 9.17) is 14.2 Å². The monoisotopic (exact) mass is 384 g/mol. The Morgan fingerprint density at radius 2 is 1.64 bits per heavy atom. The molecule has 0 bridgehead atoms. The molecule has 0 atom stereocenters. The lowest BCUT2D eigenvalue weighted by molar-refractivity contribution is -0.131. The second-order valence-corrected chi connectivity index (χ2v) is 6.43. The molecule has 28 heavy (non-hydrogen) atoms. The van der Waals surface area contributed by atoms with Crippen LogP contribution in [0.2, 0.25) is 0 Å². The summed E-state index contributed by atoms with van der Waals surface area (Å²) in [6, 6.07) is 11.2. The van der Waals surface area contributed by atoms with Gasteiger partial charge >= 0.3 is 0 Å². The summed E-state index contributed by atoms with van der Waals surface area (Å²) in [5.74, 6) is 0.668. The van der Waals surface area contributed by atoms with Crippen LogP contribution in [0.5, 0.6) is 17.2 Å². The molecule has 1 N–H and O–H groups in total. The van der Waals surface area contributed by atoms with Crippen LogP contribution in [0.25, 0.3) is 0 Å². The van der Waals surface area contributed by atoms with E-state index in [0.717, 1.165) is 12.0 Å². The maximum absolute atomic E-state index is 12.5. The third-order valence-corrected chi connectivity index (χ3v) is 4.81. The number of hydrogen-bond acceptors (Lipinski definition) is 5. The molecule has 0 aromatic heterocycles. The Labute approximate surface area is 164 Å². The smallest absolute Gasteiger partial charge is 0.251 e. The molecule has 0 radical (unpaired) electrons. The lowest BCUT2D eigenvalue weighted by atomic mass is 10.00. The molecule has 7 nitrogen and oxygen atoms in total.